The smallest absolute Gasteiger partial charge is 0.242 e. The van der Waals surface area contributed by atoms with Gasteiger partial charge in [-0.15, -0.1) is 0 Å². The van der Waals surface area contributed by atoms with Crippen LogP contribution in [-0.2, 0) is 10.0 Å². The average molecular weight is 311 g/mol. The van der Waals surface area contributed by atoms with E-state index in [1.165, 1.54) is 10.7 Å². The molecule has 6 heteroatoms. The van der Waals surface area contributed by atoms with Gasteiger partial charge in [-0.25, -0.2) is 12.7 Å². The molecule has 21 heavy (non-hydrogen) atoms. The van der Waals surface area contributed by atoms with Crippen LogP contribution in [0.4, 0.5) is 5.69 Å². The van der Waals surface area contributed by atoms with E-state index in [1.54, 1.807) is 26.2 Å². The summed E-state index contributed by atoms with van der Waals surface area (Å²) in [5, 5.41) is 0. The first kappa shape index (κ1) is 16.3. The van der Waals surface area contributed by atoms with Crippen molar-refractivity contribution in [2.24, 2.45) is 5.73 Å². The van der Waals surface area contributed by atoms with Gasteiger partial charge in [-0.05, 0) is 50.5 Å². The summed E-state index contributed by atoms with van der Waals surface area (Å²) in [4.78, 5) is 2.63. The second-order valence-corrected chi connectivity index (χ2v) is 8.05. The summed E-state index contributed by atoms with van der Waals surface area (Å²) in [7, 11) is -0.281. The summed E-state index contributed by atoms with van der Waals surface area (Å²) >= 11 is 0. The first-order valence-corrected chi connectivity index (χ1v) is 8.83. The molecule has 1 aliphatic rings. The fraction of sp³-hybridized carbons (Fsp3) is 0.600. The minimum absolute atomic E-state index is 0.107. The highest BCUT2D eigenvalue weighted by atomic mass is 32.2. The van der Waals surface area contributed by atoms with E-state index in [2.05, 4.69) is 4.90 Å². The van der Waals surface area contributed by atoms with Crippen LogP contribution in [0, 0.1) is 0 Å². The second kappa shape index (κ2) is 6.34. The van der Waals surface area contributed by atoms with Crippen LogP contribution in [0.5, 0.6) is 0 Å². The molecule has 1 aliphatic heterocycles. The maximum Gasteiger partial charge on any atom is 0.242 e. The van der Waals surface area contributed by atoms with E-state index in [0.717, 1.165) is 25.1 Å². The molecule has 0 spiro atoms. The molecule has 2 N–H and O–H groups in total. The summed E-state index contributed by atoms with van der Waals surface area (Å²) in [6.07, 6.45) is 3.45. The molecule has 2 unspecified atom stereocenters. The Morgan fingerprint density at radius 1 is 1.24 bits per heavy atom. The summed E-state index contributed by atoms with van der Waals surface area (Å²) in [6, 6.07) is 7.56. The zero-order chi connectivity index (χ0) is 15.6. The Bertz CT molecular complexity index is 567. The topological polar surface area (TPSA) is 66.6 Å². The van der Waals surface area contributed by atoms with Crippen LogP contribution >= 0.6 is 0 Å². The van der Waals surface area contributed by atoms with E-state index in [-0.39, 0.29) is 6.04 Å². The minimum atomic E-state index is -3.36. The van der Waals surface area contributed by atoms with Crippen LogP contribution in [0.3, 0.4) is 0 Å². The predicted molar refractivity (Wildman–Crippen MR) is 85.9 cm³/mol. The molecule has 0 saturated carbocycles. The summed E-state index contributed by atoms with van der Waals surface area (Å²) < 4.78 is 25.4. The van der Waals surface area contributed by atoms with Crippen molar-refractivity contribution in [2.45, 2.75) is 43.2 Å². The van der Waals surface area contributed by atoms with Gasteiger partial charge < -0.3 is 10.6 Å². The maximum atomic E-state index is 12.1. The molecule has 2 rings (SSSR count). The van der Waals surface area contributed by atoms with Crippen molar-refractivity contribution < 1.29 is 8.42 Å². The molecule has 0 amide bonds. The maximum absolute atomic E-state index is 12.1. The number of hydrogen-bond acceptors (Lipinski definition) is 4. The molecule has 5 nitrogen and oxygen atoms in total. The fourth-order valence-corrected chi connectivity index (χ4v) is 3.75. The van der Waals surface area contributed by atoms with Gasteiger partial charge in [0, 0.05) is 38.4 Å². The number of benzene rings is 1. The normalized spacial score (nSPS) is 21.6. The average Bonchev–Trinajstić information content (AvgIpc) is 2.47. The lowest BCUT2D eigenvalue weighted by atomic mass is 9.96. The van der Waals surface area contributed by atoms with Crippen molar-refractivity contribution in [3.8, 4) is 0 Å². The van der Waals surface area contributed by atoms with Gasteiger partial charge in [0.25, 0.3) is 0 Å². The number of rotatable bonds is 4. The van der Waals surface area contributed by atoms with Gasteiger partial charge in [0.2, 0.25) is 10.0 Å². The van der Waals surface area contributed by atoms with Crippen LogP contribution in [0.15, 0.2) is 29.2 Å². The van der Waals surface area contributed by atoms with E-state index in [4.69, 9.17) is 5.73 Å². The molecular weight excluding hydrogens is 286 g/mol. The van der Waals surface area contributed by atoms with Crippen molar-refractivity contribution in [3.05, 3.63) is 24.3 Å². The summed E-state index contributed by atoms with van der Waals surface area (Å²) in [5.74, 6) is 0. The molecule has 0 radical (unpaired) electrons. The first-order chi connectivity index (χ1) is 9.84. The lowest BCUT2D eigenvalue weighted by Crippen LogP contribution is -2.49. The standard InChI is InChI=1S/C15H25N3O2S/c1-12(16)15-6-4-5-11-18(15)13-7-9-14(10-8-13)21(19,20)17(2)3/h7-10,12,15H,4-6,11,16H2,1-3H3. The highest BCUT2D eigenvalue weighted by Gasteiger charge is 2.26. The van der Waals surface area contributed by atoms with Crippen molar-refractivity contribution >= 4 is 15.7 Å². The summed E-state index contributed by atoms with van der Waals surface area (Å²) in [5.41, 5.74) is 7.14. The molecule has 0 bridgehead atoms. The zero-order valence-corrected chi connectivity index (χ0v) is 13.8. The molecule has 2 atom stereocenters. The van der Waals surface area contributed by atoms with Crippen LogP contribution in [-0.4, -0.2) is 45.4 Å². The number of nitrogens with two attached hydrogens (primary N) is 1. The molecule has 1 heterocycles. The van der Waals surface area contributed by atoms with Gasteiger partial charge in [-0.3, -0.25) is 0 Å². The molecular formula is C15H25N3O2S. The van der Waals surface area contributed by atoms with Gasteiger partial charge >= 0.3 is 0 Å². The Hall–Kier alpha value is -1.11. The quantitative estimate of drug-likeness (QED) is 0.918. The molecule has 1 fully saturated rings. The van der Waals surface area contributed by atoms with Crippen LogP contribution in [0.25, 0.3) is 0 Å². The SMILES string of the molecule is CC(N)C1CCCCN1c1ccc(S(=O)(=O)N(C)C)cc1. The zero-order valence-electron chi connectivity index (χ0n) is 13.0. The van der Waals surface area contributed by atoms with E-state index < -0.39 is 10.0 Å². The Balaban J connectivity index is 2.26. The van der Waals surface area contributed by atoms with Crippen LogP contribution in [0.2, 0.25) is 0 Å². The Morgan fingerprint density at radius 2 is 1.86 bits per heavy atom. The van der Waals surface area contributed by atoms with Crippen molar-refractivity contribution in [1.29, 1.82) is 0 Å². The summed E-state index contributed by atoms with van der Waals surface area (Å²) in [6.45, 7) is 3.01. The van der Waals surface area contributed by atoms with Crippen LogP contribution < -0.4 is 10.6 Å². The third kappa shape index (κ3) is 3.39. The number of piperidine rings is 1. The predicted octanol–water partition coefficient (Wildman–Crippen LogP) is 1.64. The van der Waals surface area contributed by atoms with E-state index in [9.17, 15) is 8.42 Å². The second-order valence-electron chi connectivity index (χ2n) is 5.90. The van der Waals surface area contributed by atoms with Gasteiger partial charge in [0.15, 0.2) is 0 Å². The van der Waals surface area contributed by atoms with Gasteiger partial charge in [-0.2, -0.15) is 0 Å². The Kier molecular flexibility index (Phi) is 4.91. The number of hydrogen-bond donors (Lipinski definition) is 1. The molecule has 0 aliphatic carbocycles. The number of nitrogens with zero attached hydrogens (tertiary/aromatic N) is 2. The van der Waals surface area contributed by atoms with Crippen LogP contribution in [0.1, 0.15) is 26.2 Å². The Labute approximate surface area is 127 Å². The van der Waals surface area contributed by atoms with Gasteiger partial charge in [0.1, 0.15) is 0 Å². The van der Waals surface area contributed by atoms with Gasteiger partial charge in [0.05, 0.1) is 4.90 Å². The molecule has 1 aromatic carbocycles. The lowest BCUT2D eigenvalue weighted by Gasteiger charge is -2.39. The third-order valence-electron chi connectivity index (χ3n) is 4.10. The van der Waals surface area contributed by atoms with Crippen molar-refractivity contribution in [3.63, 3.8) is 0 Å². The Morgan fingerprint density at radius 3 is 2.38 bits per heavy atom. The van der Waals surface area contributed by atoms with E-state index in [0.29, 0.717) is 10.9 Å². The third-order valence-corrected chi connectivity index (χ3v) is 5.93. The lowest BCUT2D eigenvalue weighted by molar-refractivity contribution is 0.413. The van der Waals surface area contributed by atoms with Crippen molar-refractivity contribution in [1.82, 2.24) is 4.31 Å². The molecule has 118 valence electrons. The minimum Gasteiger partial charge on any atom is -0.367 e. The number of anilines is 1. The molecule has 0 aromatic heterocycles. The largest absolute Gasteiger partial charge is 0.367 e. The fourth-order valence-electron chi connectivity index (χ4n) is 2.84. The van der Waals surface area contributed by atoms with E-state index in [1.807, 2.05) is 19.1 Å². The first-order valence-electron chi connectivity index (χ1n) is 7.39. The highest BCUT2D eigenvalue weighted by molar-refractivity contribution is 7.89. The van der Waals surface area contributed by atoms with E-state index >= 15 is 0 Å². The monoisotopic (exact) mass is 311 g/mol. The van der Waals surface area contributed by atoms with Crippen molar-refractivity contribution in [2.75, 3.05) is 25.5 Å². The molecule has 1 aromatic rings. The van der Waals surface area contributed by atoms with Gasteiger partial charge in [-0.1, -0.05) is 0 Å². The molecule has 1 saturated heterocycles. The number of sulfonamides is 1. The highest BCUT2D eigenvalue weighted by Crippen LogP contribution is 2.27.